The maximum absolute atomic E-state index is 9.97. The Morgan fingerprint density at radius 1 is 1.73 bits per heavy atom. The maximum Gasteiger partial charge on any atom is 0.104 e. The molecule has 0 aliphatic heterocycles. The Bertz CT molecular complexity index is 128. The fraction of sp³-hybridized carbons (Fsp3) is 1.00. The summed E-state index contributed by atoms with van der Waals surface area (Å²) in [5.74, 6) is 0. The van der Waals surface area contributed by atoms with Crippen molar-refractivity contribution < 1.29 is 23.2 Å². The van der Waals surface area contributed by atoms with Crippen LogP contribution in [0.15, 0.2) is 0 Å². The fourth-order valence-electron chi connectivity index (χ4n) is 0.623. The Morgan fingerprint density at radius 2 is 2.27 bits per heavy atom. The summed E-state index contributed by atoms with van der Waals surface area (Å²) < 4.78 is 24.2. The van der Waals surface area contributed by atoms with E-state index in [0.717, 1.165) is 0 Å². The van der Waals surface area contributed by atoms with Gasteiger partial charge in [-0.25, -0.2) is 4.21 Å². The summed E-state index contributed by atoms with van der Waals surface area (Å²) in [6.45, 7) is 1.14. The van der Waals surface area contributed by atoms with Crippen LogP contribution in [0.5, 0.6) is 0 Å². The van der Waals surface area contributed by atoms with Gasteiger partial charge in [-0.2, -0.15) is 0 Å². The van der Waals surface area contributed by atoms with Crippen LogP contribution >= 0.6 is 0 Å². The van der Waals surface area contributed by atoms with Crippen LogP contribution in [0.1, 0.15) is 13.3 Å². The zero-order valence-corrected chi connectivity index (χ0v) is 6.91. The molecule has 0 bridgehead atoms. The molecule has 3 unspecified atom stereocenters. The summed E-state index contributed by atoms with van der Waals surface area (Å²) in [5.41, 5.74) is 0. The van der Waals surface area contributed by atoms with Crippen LogP contribution in [0.2, 0.25) is 0 Å². The zero-order chi connectivity index (χ0) is 8.85. The van der Waals surface area contributed by atoms with E-state index in [1.807, 2.05) is 0 Å². The van der Waals surface area contributed by atoms with Gasteiger partial charge in [0.05, 0.1) is 18.0 Å². The van der Waals surface area contributed by atoms with Crippen molar-refractivity contribution in [3.63, 3.8) is 0 Å². The van der Waals surface area contributed by atoms with Crippen LogP contribution in [-0.2, 0) is 15.5 Å². The second-order valence-corrected chi connectivity index (χ2v) is 2.60. The standard InChI is InChI=1S/C5H12O5S/c1-2-5(4(7)3-6)10-11(8)9/h4-7H,2-3H2,1H3,(H,8,9)/p-1. The molecule has 0 spiro atoms. The molecular weight excluding hydrogens is 172 g/mol. The van der Waals surface area contributed by atoms with E-state index in [0.29, 0.717) is 6.42 Å². The molecule has 6 heteroatoms. The Balaban J connectivity index is 3.84. The summed E-state index contributed by atoms with van der Waals surface area (Å²) in [5, 5.41) is 17.3. The van der Waals surface area contributed by atoms with Gasteiger partial charge < -0.3 is 14.8 Å². The highest BCUT2D eigenvalue weighted by Crippen LogP contribution is 2.04. The largest absolute Gasteiger partial charge is 0.750 e. The quantitative estimate of drug-likeness (QED) is 0.530. The first-order valence-corrected chi connectivity index (χ1v) is 4.17. The Kier molecular flexibility index (Phi) is 5.61. The second kappa shape index (κ2) is 5.62. The van der Waals surface area contributed by atoms with E-state index < -0.39 is 30.2 Å². The highest BCUT2D eigenvalue weighted by molar-refractivity contribution is 7.74. The maximum atomic E-state index is 9.97. The summed E-state index contributed by atoms with van der Waals surface area (Å²) in [6, 6.07) is 0. The van der Waals surface area contributed by atoms with Crippen LogP contribution < -0.4 is 0 Å². The highest BCUT2D eigenvalue weighted by Gasteiger charge is 2.17. The molecule has 3 atom stereocenters. The predicted molar refractivity (Wildman–Crippen MR) is 37.2 cm³/mol. The lowest BCUT2D eigenvalue weighted by molar-refractivity contribution is -0.000213. The first kappa shape index (κ1) is 11.0. The third kappa shape index (κ3) is 4.44. The van der Waals surface area contributed by atoms with Crippen molar-refractivity contribution in [2.24, 2.45) is 0 Å². The summed E-state index contributed by atoms with van der Waals surface area (Å²) in [7, 11) is 0. The molecule has 2 N–H and O–H groups in total. The van der Waals surface area contributed by atoms with Crippen molar-refractivity contribution in [1.29, 1.82) is 0 Å². The molecule has 0 rings (SSSR count). The van der Waals surface area contributed by atoms with Gasteiger partial charge in [-0.3, -0.25) is 4.18 Å². The number of rotatable bonds is 5. The van der Waals surface area contributed by atoms with Gasteiger partial charge in [0.15, 0.2) is 0 Å². The number of aliphatic hydroxyl groups excluding tert-OH is 2. The van der Waals surface area contributed by atoms with E-state index in [9.17, 15) is 8.76 Å². The van der Waals surface area contributed by atoms with E-state index in [1.54, 1.807) is 6.92 Å². The number of aliphatic hydroxyl groups is 2. The molecule has 0 aliphatic carbocycles. The predicted octanol–water partition coefficient (Wildman–Crippen LogP) is -1.07. The van der Waals surface area contributed by atoms with E-state index in [2.05, 4.69) is 4.18 Å². The van der Waals surface area contributed by atoms with Crippen LogP contribution in [0.3, 0.4) is 0 Å². The van der Waals surface area contributed by atoms with Gasteiger partial charge >= 0.3 is 0 Å². The lowest BCUT2D eigenvalue weighted by Gasteiger charge is -2.20. The molecule has 0 fully saturated rings. The van der Waals surface area contributed by atoms with Gasteiger partial charge in [0.1, 0.15) is 12.2 Å². The molecule has 0 aromatic rings. The SMILES string of the molecule is CCC(OS(=O)[O-])C(O)CO. The third-order valence-corrected chi connectivity index (χ3v) is 1.63. The minimum absolute atomic E-state index is 0.329. The monoisotopic (exact) mass is 183 g/mol. The van der Waals surface area contributed by atoms with Gasteiger partial charge in [-0.15, -0.1) is 0 Å². The van der Waals surface area contributed by atoms with Crippen molar-refractivity contribution >= 4 is 11.4 Å². The van der Waals surface area contributed by atoms with Gasteiger partial charge in [0.2, 0.25) is 0 Å². The number of hydrogen-bond donors (Lipinski definition) is 2. The van der Waals surface area contributed by atoms with Crippen LogP contribution in [0.25, 0.3) is 0 Å². The molecule has 0 heterocycles. The average Bonchev–Trinajstić information content (AvgIpc) is 1.98. The van der Waals surface area contributed by atoms with Crippen LogP contribution in [0.4, 0.5) is 0 Å². The van der Waals surface area contributed by atoms with E-state index in [-0.39, 0.29) is 0 Å². The van der Waals surface area contributed by atoms with Crippen molar-refractivity contribution in [2.45, 2.75) is 25.6 Å². The Labute approximate surface area is 67.5 Å². The van der Waals surface area contributed by atoms with Gasteiger partial charge in [-0.05, 0) is 6.42 Å². The van der Waals surface area contributed by atoms with Gasteiger partial charge in [0.25, 0.3) is 0 Å². The topological polar surface area (TPSA) is 89.8 Å². The zero-order valence-electron chi connectivity index (χ0n) is 6.10. The molecule has 0 aromatic heterocycles. The third-order valence-electron chi connectivity index (χ3n) is 1.22. The lowest BCUT2D eigenvalue weighted by atomic mass is 10.2. The number of hydrogen-bond acceptors (Lipinski definition) is 5. The molecular formula is C5H11O5S-. The lowest BCUT2D eigenvalue weighted by Crippen LogP contribution is -2.31. The van der Waals surface area contributed by atoms with E-state index in [4.69, 9.17) is 10.2 Å². The van der Waals surface area contributed by atoms with E-state index in [1.165, 1.54) is 0 Å². The Hall–Kier alpha value is -0.0100. The van der Waals surface area contributed by atoms with Crippen molar-refractivity contribution in [2.75, 3.05) is 6.61 Å². The molecule has 0 radical (unpaired) electrons. The van der Waals surface area contributed by atoms with Crippen molar-refractivity contribution in [1.82, 2.24) is 0 Å². The molecule has 0 aliphatic rings. The normalized spacial score (nSPS) is 19.3. The molecule has 68 valence electrons. The van der Waals surface area contributed by atoms with Crippen molar-refractivity contribution in [3.8, 4) is 0 Å². The summed E-state index contributed by atoms with van der Waals surface area (Å²) in [6.07, 6.45) is -1.66. The first-order valence-electron chi connectivity index (χ1n) is 3.17. The van der Waals surface area contributed by atoms with Gasteiger partial charge in [-0.1, -0.05) is 6.92 Å². The highest BCUT2D eigenvalue weighted by atomic mass is 32.2. The van der Waals surface area contributed by atoms with Gasteiger partial charge in [0, 0.05) is 0 Å². The minimum atomic E-state index is -2.64. The second-order valence-electron chi connectivity index (χ2n) is 2.00. The first-order chi connectivity index (χ1) is 5.11. The summed E-state index contributed by atoms with van der Waals surface area (Å²) in [4.78, 5) is 0. The van der Waals surface area contributed by atoms with Crippen molar-refractivity contribution in [3.05, 3.63) is 0 Å². The van der Waals surface area contributed by atoms with Crippen LogP contribution in [0, 0.1) is 0 Å². The molecule has 5 nitrogen and oxygen atoms in total. The smallest absolute Gasteiger partial charge is 0.104 e. The average molecular weight is 183 g/mol. The molecule has 0 saturated carbocycles. The van der Waals surface area contributed by atoms with Crippen LogP contribution in [-0.4, -0.2) is 37.8 Å². The molecule has 0 aromatic carbocycles. The minimum Gasteiger partial charge on any atom is -0.750 e. The summed E-state index contributed by atoms with van der Waals surface area (Å²) >= 11 is -2.64. The fourth-order valence-corrected chi connectivity index (χ4v) is 1.09. The van der Waals surface area contributed by atoms with E-state index >= 15 is 0 Å². The Morgan fingerprint density at radius 3 is 2.55 bits per heavy atom. The molecule has 0 saturated heterocycles. The molecule has 11 heavy (non-hydrogen) atoms. The molecule has 0 amide bonds.